The van der Waals surface area contributed by atoms with Gasteiger partial charge < -0.3 is 14.2 Å². The van der Waals surface area contributed by atoms with Crippen molar-refractivity contribution in [3.05, 3.63) is 64.2 Å². The summed E-state index contributed by atoms with van der Waals surface area (Å²) in [5.74, 6) is 1.95. The number of hydrogen-bond acceptors (Lipinski definition) is 10. The third-order valence-electron chi connectivity index (χ3n) is 11.5. The predicted octanol–water partition coefficient (Wildman–Crippen LogP) is 4.62. The van der Waals surface area contributed by atoms with Crippen LogP contribution in [0, 0.1) is 6.92 Å². The Bertz CT molecular complexity index is 1820. The number of fused-ring (bicyclic) bond motifs is 5. The van der Waals surface area contributed by atoms with Crippen molar-refractivity contribution in [3.63, 3.8) is 0 Å². The van der Waals surface area contributed by atoms with Crippen LogP contribution >= 0.6 is 0 Å². The zero-order valence-corrected chi connectivity index (χ0v) is 27.3. The summed E-state index contributed by atoms with van der Waals surface area (Å²) in [4.78, 5) is 22.0. The first-order valence-electron chi connectivity index (χ1n) is 17.2. The molecule has 0 radical (unpaired) electrons. The largest absolute Gasteiger partial charge is 0.461 e. The monoisotopic (exact) mass is 639 g/mol. The van der Waals surface area contributed by atoms with Gasteiger partial charge in [0.05, 0.1) is 29.0 Å². The zero-order valence-electron chi connectivity index (χ0n) is 27.3. The lowest BCUT2D eigenvalue weighted by Gasteiger charge is -2.49. The van der Waals surface area contributed by atoms with Crippen LogP contribution in [-0.2, 0) is 38.0 Å². The third kappa shape index (κ3) is 4.85. The van der Waals surface area contributed by atoms with Crippen molar-refractivity contribution in [1.29, 1.82) is 0 Å². The number of alkyl halides is 1. The summed E-state index contributed by atoms with van der Waals surface area (Å²) in [5, 5.41) is 8.78. The molecule has 2 fully saturated rings. The first kappa shape index (κ1) is 29.3. The first-order valence-corrected chi connectivity index (χ1v) is 17.2. The van der Waals surface area contributed by atoms with Crippen LogP contribution < -0.4 is 9.64 Å². The number of ether oxygens (including phenoxy) is 1. The van der Waals surface area contributed by atoms with Gasteiger partial charge in [0.2, 0.25) is 0 Å². The van der Waals surface area contributed by atoms with Gasteiger partial charge in [-0.3, -0.25) is 14.5 Å². The van der Waals surface area contributed by atoms with E-state index in [0.717, 1.165) is 88.3 Å². The van der Waals surface area contributed by atoms with Crippen molar-refractivity contribution in [2.24, 2.45) is 0 Å². The molecule has 0 N–H and O–H groups in total. The molecule has 12 heteroatoms. The highest BCUT2D eigenvalue weighted by Crippen LogP contribution is 2.47. The fourth-order valence-corrected chi connectivity index (χ4v) is 9.20. The Labute approximate surface area is 274 Å². The predicted molar refractivity (Wildman–Crippen MR) is 173 cm³/mol. The smallest absolute Gasteiger partial charge is 0.318 e. The highest BCUT2D eigenvalue weighted by molar-refractivity contribution is 5.54. The Balaban J connectivity index is 1.10. The Morgan fingerprint density at radius 1 is 1.04 bits per heavy atom. The van der Waals surface area contributed by atoms with E-state index in [1.54, 1.807) is 0 Å². The van der Waals surface area contributed by atoms with E-state index in [9.17, 15) is 4.39 Å². The summed E-state index contributed by atoms with van der Waals surface area (Å²) < 4.78 is 28.7. The summed E-state index contributed by atoms with van der Waals surface area (Å²) in [6, 6.07) is 11.4. The van der Waals surface area contributed by atoms with Crippen LogP contribution in [0.5, 0.6) is 6.01 Å². The SMILES string of the molecule is Cc1noc(-c2cc3n(n2)CCCN(c2nc(OC[C@@]45CCCN4C[C@H](F)C5)nc4c2CN(C)[C@@]2(CCCc5ccccc52)C4)C3)n1. The second-order valence-corrected chi connectivity index (χ2v) is 14.4. The van der Waals surface area contributed by atoms with Crippen molar-refractivity contribution in [3.8, 4) is 17.6 Å². The lowest BCUT2D eigenvalue weighted by atomic mass is 9.71. The molecule has 1 aromatic carbocycles. The molecule has 1 aliphatic carbocycles. The number of hydrogen-bond donors (Lipinski definition) is 0. The van der Waals surface area contributed by atoms with Gasteiger partial charge in [0.1, 0.15) is 18.6 Å². The van der Waals surface area contributed by atoms with Gasteiger partial charge >= 0.3 is 6.01 Å². The summed E-state index contributed by atoms with van der Waals surface area (Å²) in [6.07, 6.45) is 6.82. The van der Waals surface area contributed by atoms with Gasteiger partial charge in [0.15, 0.2) is 11.5 Å². The lowest BCUT2D eigenvalue weighted by Crippen LogP contribution is -2.51. The van der Waals surface area contributed by atoms with Gasteiger partial charge in [-0.1, -0.05) is 29.4 Å². The molecule has 3 aromatic heterocycles. The van der Waals surface area contributed by atoms with Gasteiger partial charge in [-0.05, 0) is 76.2 Å². The standard InChI is InChI=1S/C35H42FN9O2/c1-23-37-32(47-41-23)29-16-26-20-43(13-7-15-45(26)40-29)31-27-21-42(2)35(12-5-9-24-8-3-4-10-28(24)35)18-30(27)38-33(39-31)46-22-34-11-6-14-44(34)19-25(36)17-34/h3-4,8,10,16,25H,5-7,9,11-15,17-22H2,1-2H3/t25-,34+,35+/m1/s1. The second kappa shape index (κ2) is 11.1. The maximum Gasteiger partial charge on any atom is 0.318 e. The highest BCUT2D eigenvalue weighted by Gasteiger charge is 2.50. The lowest BCUT2D eigenvalue weighted by molar-refractivity contribution is 0.0714. The number of nitrogens with zero attached hydrogens (tertiary/aromatic N) is 9. The Morgan fingerprint density at radius 2 is 1.96 bits per heavy atom. The van der Waals surface area contributed by atoms with E-state index < -0.39 is 6.17 Å². The number of aromatic nitrogens is 6. The molecule has 11 nitrogen and oxygen atoms in total. The molecule has 7 heterocycles. The van der Waals surface area contributed by atoms with Gasteiger partial charge in [-0.25, -0.2) is 4.39 Å². The summed E-state index contributed by atoms with van der Waals surface area (Å²) >= 11 is 0. The average Bonchev–Trinajstić information content (AvgIpc) is 3.81. The van der Waals surface area contributed by atoms with Crippen LogP contribution in [0.15, 0.2) is 34.9 Å². The van der Waals surface area contributed by atoms with E-state index in [0.29, 0.717) is 49.5 Å². The Hall–Kier alpha value is -3.90. The number of rotatable bonds is 5. The molecule has 246 valence electrons. The molecular weight excluding hydrogens is 597 g/mol. The summed E-state index contributed by atoms with van der Waals surface area (Å²) in [6.45, 7) is 6.68. The number of likely N-dealkylation sites (N-methyl/N-ethyl adjacent to an activating group) is 1. The Kier molecular flexibility index (Phi) is 6.90. The first-order chi connectivity index (χ1) is 22.9. The molecule has 0 unspecified atom stereocenters. The number of halogens is 1. The molecule has 9 rings (SSSR count). The van der Waals surface area contributed by atoms with E-state index in [-0.39, 0.29) is 11.1 Å². The van der Waals surface area contributed by atoms with E-state index in [4.69, 9.17) is 24.3 Å². The molecule has 0 bridgehead atoms. The maximum absolute atomic E-state index is 14.6. The molecular formula is C35H42FN9O2. The van der Waals surface area contributed by atoms with E-state index in [2.05, 4.69) is 66.9 Å². The molecule has 0 saturated carbocycles. The molecule has 5 aliphatic rings. The van der Waals surface area contributed by atoms with E-state index >= 15 is 0 Å². The summed E-state index contributed by atoms with van der Waals surface area (Å²) in [7, 11) is 2.26. The van der Waals surface area contributed by atoms with Crippen molar-refractivity contribution < 1.29 is 13.7 Å². The number of benzene rings is 1. The maximum atomic E-state index is 14.6. The fraction of sp³-hybridized carbons (Fsp3) is 0.571. The quantitative estimate of drug-likeness (QED) is 0.308. The van der Waals surface area contributed by atoms with Gasteiger partial charge in [-0.15, -0.1) is 0 Å². The Morgan fingerprint density at radius 3 is 2.85 bits per heavy atom. The normalized spacial score (nSPS) is 27.4. The van der Waals surface area contributed by atoms with Gasteiger partial charge in [0.25, 0.3) is 5.89 Å². The molecule has 0 amide bonds. The minimum absolute atomic E-state index is 0.118. The topological polar surface area (TPSA) is 101 Å². The molecule has 47 heavy (non-hydrogen) atoms. The van der Waals surface area contributed by atoms with E-state index in [1.807, 2.05) is 6.92 Å². The van der Waals surface area contributed by atoms with Crippen LogP contribution in [0.4, 0.5) is 10.2 Å². The molecule has 2 saturated heterocycles. The molecule has 3 atom stereocenters. The minimum atomic E-state index is -0.802. The fourth-order valence-electron chi connectivity index (χ4n) is 9.20. The minimum Gasteiger partial charge on any atom is -0.461 e. The average molecular weight is 640 g/mol. The highest BCUT2D eigenvalue weighted by atomic mass is 19.1. The van der Waals surface area contributed by atoms with E-state index in [1.165, 1.54) is 16.7 Å². The van der Waals surface area contributed by atoms with Crippen LogP contribution in [0.1, 0.15) is 72.4 Å². The third-order valence-corrected chi connectivity index (χ3v) is 11.5. The molecule has 4 aromatic rings. The van der Waals surface area contributed by atoms with Crippen molar-refractivity contribution in [1.82, 2.24) is 39.7 Å². The molecule has 1 spiro atoms. The van der Waals surface area contributed by atoms with Crippen LogP contribution in [0.2, 0.25) is 0 Å². The number of aryl methyl sites for hydroxylation is 3. The second-order valence-electron chi connectivity index (χ2n) is 14.4. The van der Waals surface area contributed by atoms with Crippen molar-refractivity contribution >= 4 is 5.82 Å². The van der Waals surface area contributed by atoms with Crippen molar-refractivity contribution in [2.75, 3.05) is 38.2 Å². The summed E-state index contributed by atoms with van der Waals surface area (Å²) in [5.41, 5.74) is 6.48. The van der Waals surface area contributed by atoms with Crippen LogP contribution in [0.25, 0.3) is 11.6 Å². The van der Waals surface area contributed by atoms with Crippen LogP contribution in [-0.4, -0.2) is 84.7 Å². The van der Waals surface area contributed by atoms with Gasteiger partial charge in [0, 0.05) is 44.6 Å². The zero-order chi connectivity index (χ0) is 31.8. The number of anilines is 1. The molecule has 4 aliphatic heterocycles. The van der Waals surface area contributed by atoms with Crippen LogP contribution in [0.3, 0.4) is 0 Å². The van der Waals surface area contributed by atoms with Crippen molar-refractivity contribution in [2.45, 2.75) is 95.2 Å². The van der Waals surface area contributed by atoms with Gasteiger partial charge in [-0.2, -0.15) is 20.1 Å².